The van der Waals surface area contributed by atoms with Gasteiger partial charge in [-0.15, -0.1) is 0 Å². The molecule has 188 valence electrons. The second-order valence-electron chi connectivity index (χ2n) is 8.89. The van der Waals surface area contributed by atoms with Crippen molar-refractivity contribution < 1.29 is 14.0 Å². The summed E-state index contributed by atoms with van der Waals surface area (Å²) >= 11 is 1.22. The number of nitrogens with one attached hydrogen (secondary N) is 3. The smallest absolute Gasteiger partial charge is 0.254 e. The third-order valence-electron chi connectivity index (χ3n) is 6.12. The molecule has 2 amide bonds. The minimum absolute atomic E-state index is 0.0870. The first kappa shape index (κ1) is 25.9. The molecule has 7 nitrogen and oxygen atoms in total. The highest BCUT2D eigenvalue weighted by Gasteiger charge is 2.36. The molecule has 1 aliphatic heterocycles. The fraction of sp³-hybridized carbons (Fsp3) is 0.207. The van der Waals surface area contributed by atoms with Gasteiger partial charge in [-0.05, 0) is 63.1 Å². The van der Waals surface area contributed by atoms with Crippen LogP contribution in [0.1, 0.15) is 35.3 Å². The van der Waals surface area contributed by atoms with E-state index in [1.807, 2.05) is 63.2 Å². The SMILES string of the molecule is CC1=C(C(=O)Nc2ccccc2C)[C@H](c2ccco2)C(C#N)=C(SCC(=O)Nc2ccc(C)cc2C)N1. The van der Waals surface area contributed by atoms with Crippen molar-refractivity contribution >= 4 is 35.0 Å². The molecule has 2 heterocycles. The zero-order valence-corrected chi connectivity index (χ0v) is 22.0. The molecule has 0 radical (unpaired) electrons. The van der Waals surface area contributed by atoms with Gasteiger partial charge in [0.2, 0.25) is 5.91 Å². The summed E-state index contributed by atoms with van der Waals surface area (Å²) < 4.78 is 5.67. The number of furan rings is 1. The van der Waals surface area contributed by atoms with E-state index in [0.717, 1.165) is 22.4 Å². The number of nitriles is 1. The Morgan fingerprint density at radius 3 is 2.43 bits per heavy atom. The third-order valence-corrected chi connectivity index (χ3v) is 7.13. The minimum atomic E-state index is -0.713. The Labute approximate surface area is 220 Å². The maximum atomic E-state index is 13.5. The number of hydrogen-bond acceptors (Lipinski definition) is 6. The third kappa shape index (κ3) is 5.79. The number of aryl methyl sites for hydroxylation is 3. The van der Waals surface area contributed by atoms with Gasteiger partial charge in [-0.1, -0.05) is 47.7 Å². The normalized spacial score (nSPS) is 15.2. The number of dihydropyridines is 1. The lowest BCUT2D eigenvalue weighted by Gasteiger charge is -2.28. The molecule has 3 aromatic rings. The van der Waals surface area contributed by atoms with Gasteiger partial charge in [-0.3, -0.25) is 9.59 Å². The van der Waals surface area contributed by atoms with Crippen LogP contribution in [-0.2, 0) is 9.59 Å². The van der Waals surface area contributed by atoms with Crippen LogP contribution in [0.5, 0.6) is 0 Å². The van der Waals surface area contributed by atoms with Gasteiger partial charge in [0.15, 0.2) is 0 Å². The lowest BCUT2D eigenvalue weighted by atomic mass is 9.85. The zero-order chi connectivity index (χ0) is 26.5. The first-order valence-corrected chi connectivity index (χ1v) is 12.8. The fourth-order valence-electron chi connectivity index (χ4n) is 4.25. The van der Waals surface area contributed by atoms with Gasteiger partial charge < -0.3 is 20.4 Å². The number of rotatable bonds is 7. The van der Waals surface area contributed by atoms with Crippen molar-refractivity contribution in [2.75, 3.05) is 16.4 Å². The molecule has 3 N–H and O–H groups in total. The Hall–Kier alpha value is -4.22. The summed E-state index contributed by atoms with van der Waals surface area (Å²) in [6, 6.07) is 19.1. The Kier molecular flexibility index (Phi) is 7.85. The van der Waals surface area contributed by atoms with Gasteiger partial charge in [0.05, 0.1) is 40.2 Å². The number of hydrogen-bond donors (Lipinski definition) is 3. The maximum Gasteiger partial charge on any atom is 0.254 e. The van der Waals surface area contributed by atoms with Gasteiger partial charge in [0, 0.05) is 17.1 Å². The molecule has 8 heteroatoms. The average Bonchev–Trinajstić information content (AvgIpc) is 3.40. The second-order valence-corrected chi connectivity index (χ2v) is 9.88. The van der Waals surface area contributed by atoms with Gasteiger partial charge in [0.25, 0.3) is 5.91 Å². The van der Waals surface area contributed by atoms with Crippen molar-refractivity contribution in [3.63, 3.8) is 0 Å². The van der Waals surface area contributed by atoms with Crippen LogP contribution in [0.25, 0.3) is 0 Å². The fourth-order valence-corrected chi connectivity index (χ4v) is 5.14. The number of thioether (sulfide) groups is 1. The highest BCUT2D eigenvalue weighted by molar-refractivity contribution is 8.03. The Morgan fingerprint density at radius 2 is 1.76 bits per heavy atom. The maximum absolute atomic E-state index is 13.5. The van der Waals surface area contributed by atoms with E-state index in [0.29, 0.717) is 33.3 Å². The highest BCUT2D eigenvalue weighted by Crippen LogP contribution is 2.41. The topological polar surface area (TPSA) is 107 Å². The summed E-state index contributed by atoms with van der Waals surface area (Å²) in [7, 11) is 0. The molecule has 0 aliphatic carbocycles. The predicted molar refractivity (Wildman–Crippen MR) is 147 cm³/mol. The van der Waals surface area contributed by atoms with Crippen LogP contribution in [0, 0.1) is 32.1 Å². The molecule has 1 aromatic heterocycles. The summed E-state index contributed by atoms with van der Waals surface area (Å²) in [5, 5.41) is 19.8. The first-order chi connectivity index (χ1) is 17.8. The van der Waals surface area contributed by atoms with Crippen molar-refractivity contribution in [1.29, 1.82) is 5.26 Å². The number of anilines is 2. The van der Waals surface area contributed by atoms with Crippen LogP contribution in [0.4, 0.5) is 11.4 Å². The number of amides is 2. The summed E-state index contributed by atoms with van der Waals surface area (Å²) in [5.41, 5.74) is 5.76. The average molecular weight is 513 g/mol. The van der Waals surface area contributed by atoms with Crippen molar-refractivity contribution in [2.45, 2.75) is 33.6 Å². The summed E-state index contributed by atoms with van der Waals surface area (Å²) in [5.74, 6) is -0.669. The van der Waals surface area contributed by atoms with Gasteiger partial charge in [0.1, 0.15) is 5.76 Å². The quantitative estimate of drug-likeness (QED) is 0.363. The van der Waals surface area contributed by atoms with Gasteiger partial charge >= 0.3 is 0 Å². The molecule has 0 fully saturated rings. The van der Waals surface area contributed by atoms with Crippen LogP contribution in [0.15, 0.2) is 87.1 Å². The molecule has 0 spiro atoms. The van der Waals surface area contributed by atoms with Gasteiger partial charge in [-0.2, -0.15) is 5.26 Å². The molecule has 37 heavy (non-hydrogen) atoms. The van der Waals surface area contributed by atoms with E-state index in [2.05, 4.69) is 22.0 Å². The molecular weight excluding hydrogens is 484 g/mol. The largest absolute Gasteiger partial charge is 0.468 e. The van der Waals surface area contributed by atoms with Crippen molar-refractivity contribution in [1.82, 2.24) is 5.32 Å². The number of benzene rings is 2. The number of nitrogens with zero attached hydrogens (tertiary/aromatic N) is 1. The van der Waals surface area contributed by atoms with E-state index in [9.17, 15) is 14.9 Å². The molecule has 0 saturated heterocycles. The van der Waals surface area contributed by atoms with Crippen LogP contribution in [0.3, 0.4) is 0 Å². The van der Waals surface area contributed by atoms with Crippen molar-refractivity contribution in [3.05, 3.63) is 105 Å². The van der Waals surface area contributed by atoms with Crippen LogP contribution < -0.4 is 16.0 Å². The van der Waals surface area contributed by atoms with E-state index < -0.39 is 5.92 Å². The first-order valence-electron chi connectivity index (χ1n) is 11.8. The van der Waals surface area contributed by atoms with Crippen molar-refractivity contribution in [2.24, 2.45) is 0 Å². The van der Waals surface area contributed by atoms with Crippen LogP contribution in [-0.4, -0.2) is 17.6 Å². The Morgan fingerprint density at radius 1 is 1.00 bits per heavy atom. The lowest BCUT2D eigenvalue weighted by Crippen LogP contribution is -2.31. The summed E-state index contributed by atoms with van der Waals surface area (Å²) in [6.07, 6.45) is 1.52. The zero-order valence-electron chi connectivity index (χ0n) is 21.1. The van der Waals surface area contributed by atoms with Crippen molar-refractivity contribution in [3.8, 4) is 6.07 Å². The van der Waals surface area contributed by atoms with E-state index in [1.54, 1.807) is 19.1 Å². The summed E-state index contributed by atoms with van der Waals surface area (Å²) in [4.78, 5) is 26.2. The number of allylic oxidation sites excluding steroid dienone is 2. The molecular formula is C29H28N4O3S. The summed E-state index contributed by atoms with van der Waals surface area (Å²) in [6.45, 7) is 7.64. The number of para-hydroxylation sites is 1. The monoisotopic (exact) mass is 512 g/mol. The molecule has 0 bridgehead atoms. The van der Waals surface area contributed by atoms with E-state index in [4.69, 9.17) is 4.42 Å². The Bertz CT molecular complexity index is 1450. The lowest BCUT2D eigenvalue weighted by molar-refractivity contribution is -0.114. The molecule has 2 aromatic carbocycles. The van der Waals surface area contributed by atoms with Crippen LogP contribution >= 0.6 is 11.8 Å². The minimum Gasteiger partial charge on any atom is -0.468 e. The molecule has 0 saturated carbocycles. The molecule has 1 aliphatic rings. The molecule has 1 atom stereocenters. The predicted octanol–water partition coefficient (Wildman–Crippen LogP) is 5.91. The number of carbonyl (C=O) groups is 2. The van der Waals surface area contributed by atoms with Crippen LogP contribution in [0.2, 0.25) is 0 Å². The second kappa shape index (κ2) is 11.2. The van der Waals surface area contributed by atoms with E-state index in [1.165, 1.54) is 18.0 Å². The Balaban J connectivity index is 1.59. The number of carbonyl (C=O) groups excluding carboxylic acids is 2. The highest BCUT2D eigenvalue weighted by atomic mass is 32.2. The van der Waals surface area contributed by atoms with E-state index >= 15 is 0 Å². The van der Waals surface area contributed by atoms with Gasteiger partial charge in [-0.25, -0.2) is 0 Å². The molecule has 0 unspecified atom stereocenters. The van der Waals surface area contributed by atoms with E-state index in [-0.39, 0.29) is 17.6 Å². The standard InChI is InChI=1S/C29H28N4O3S/c1-17-11-12-23(19(3)14-17)32-25(34)16-37-29-21(15-30)27(24-10-7-13-36-24)26(20(4)31-29)28(35)33-22-9-6-5-8-18(22)2/h5-14,27,31H,16H2,1-4H3,(H,32,34)(H,33,35)/t27-/m0/s1. The molecule has 4 rings (SSSR count).